The molecule has 1 aliphatic rings. The molecule has 102 valence electrons. The first-order valence-corrected chi connectivity index (χ1v) is 6.28. The lowest BCUT2D eigenvalue weighted by atomic mass is 10.00. The third kappa shape index (κ3) is 3.05. The largest absolute Gasteiger partial charge is 0.492 e. The fourth-order valence-corrected chi connectivity index (χ4v) is 2.21. The van der Waals surface area contributed by atoms with Gasteiger partial charge in [0.1, 0.15) is 18.3 Å². The second-order valence-electron chi connectivity index (χ2n) is 4.66. The number of carbonyl (C=O) groups is 2. The summed E-state index contributed by atoms with van der Waals surface area (Å²) >= 11 is 0. The number of ether oxygens (including phenoxy) is 1. The molecule has 2 rings (SSSR count). The maximum Gasteiger partial charge on any atom is 0.303 e. The molecule has 1 atom stereocenters. The van der Waals surface area contributed by atoms with Gasteiger partial charge in [0.05, 0.1) is 0 Å². The molecule has 0 spiro atoms. The summed E-state index contributed by atoms with van der Waals surface area (Å²) in [6.45, 7) is 0.811. The number of para-hydroxylation sites is 1. The van der Waals surface area contributed by atoms with E-state index in [0.29, 0.717) is 19.6 Å². The van der Waals surface area contributed by atoms with E-state index < -0.39 is 5.97 Å². The lowest BCUT2D eigenvalue weighted by Crippen LogP contribution is -2.33. The summed E-state index contributed by atoms with van der Waals surface area (Å²) in [6, 6.07) is 7.52. The van der Waals surface area contributed by atoms with Gasteiger partial charge in [0.25, 0.3) is 0 Å². The Bertz CT molecular complexity index is 486. The minimum Gasteiger partial charge on any atom is -0.492 e. The lowest BCUT2D eigenvalue weighted by molar-refractivity contribution is -0.138. The fourth-order valence-electron chi connectivity index (χ4n) is 2.21. The van der Waals surface area contributed by atoms with Gasteiger partial charge in [-0.25, -0.2) is 0 Å². The number of nitrogens with zero attached hydrogens (tertiary/aromatic N) is 1. The van der Waals surface area contributed by atoms with E-state index in [1.807, 2.05) is 24.3 Å². The zero-order valence-corrected chi connectivity index (χ0v) is 10.8. The van der Waals surface area contributed by atoms with Crippen LogP contribution in [0.3, 0.4) is 0 Å². The quantitative estimate of drug-likeness (QED) is 0.874. The summed E-state index contributed by atoms with van der Waals surface area (Å²) in [4.78, 5) is 24.3. The normalized spacial score (nSPS) is 16.6. The Labute approximate surface area is 111 Å². The average molecular weight is 263 g/mol. The summed E-state index contributed by atoms with van der Waals surface area (Å²) in [6.07, 6.45) is 0.544. The predicted molar refractivity (Wildman–Crippen MR) is 69.2 cm³/mol. The number of rotatable bonds is 5. The second-order valence-corrected chi connectivity index (χ2v) is 4.66. The first kappa shape index (κ1) is 13.4. The third-order valence-electron chi connectivity index (χ3n) is 3.26. The summed E-state index contributed by atoms with van der Waals surface area (Å²) in [5.74, 6) is -0.364. The molecule has 1 amide bonds. The van der Waals surface area contributed by atoms with Crippen LogP contribution in [0.1, 0.15) is 24.3 Å². The van der Waals surface area contributed by atoms with E-state index in [-0.39, 0.29) is 18.2 Å². The number of likely N-dealkylation sites (N-methyl/N-ethyl adjacent to an activating group) is 1. The van der Waals surface area contributed by atoms with Crippen LogP contribution in [0.5, 0.6) is 5.75 Å². The van der Waals surface area contributed by atoms with Crippen molar-refractivity contribution in [3.8, 4) is 5.75 Å². The van der Waals surface area contributed by atoms with Gasteiger partial charge >= 0.3 is 5.97 Å². The Kier molecular flexibility index (Phi) is 4.04. The molecule has 19 heavy (non-hydrogen) atoms. The molecule has 1 aliphatic heterocycles. The van der Waals surface area contributed by atoms with Gasteiger partial charge in [-0.05, 0) is 12.5 Å². The van der Waals surface area contributed by atoms with Gasteiger partial charge in [-0.2, -0.15) is 0 Å². The lowest BCUT2D eigenvalue weighted by Gasteiger charge is -2.20. The molecule has 0 radical (unpaired) electrons. The molecule has 0 aromatic heterocycles. The van der Waals surface area contributed by atoms with Crippen molar-refractivity contribution < 1.29 is 19.4 Å². The molecule has 1 aromatic rings. The number of amides is 1. The summed E-state index contributed by atoms with van der Waals surface area (Å²) in [5, 5.41) is 8.58. The van der Waals surface area contributed by atoms with Crippen LogP contribution in [0.2, 0.25) is 0 Å². The maximum absolute atomic E-state index is 12.3. The van der Waals surface area contributed by atoms with E-state index >= 15 is 0 Å². The maximum atomic E-state index is 12.3. The van der Waals surface area contributed by atoms with Crippen molar-refractivity contribution in [2.75, 3.05) is 20.2 Å². The van der Waals surface area contributed by atoms with Crippen molar-refractivity contribution >= 4 is 11.9 Å². The van der Waals surface area contributed by atoms with Crippen LogP contribution in [-0.4, -0.2) is 42.1 Å². The molecule has 5 nitrogen and oxygen atoms in total. The first-order valence-electron chi connectivity index (χ1n) is 6.28. The van der Waals surface area contributed by atoms with Gasteiger partial charge in [0.15, 0.2) is 0 Å². The SMILES string of the molecule is CN(CCCC(=O)O)C(=O)[C@H]1COc2ccccc21. The Balaban J connectivity index is 1.95. The molecule has 0 aliphatic carbocycles. The van der Waals surface area contributed by atoms with Crippen molar-refractivity contribution in [2.24, 2.45) is 0 Å². The Morgan fingerprint density at radius 1 is 1.42 bits per heavy atom. The molecule has 0 saturated heterocycles. The number of hydrogen-bond donors (Lipinski definition) is 1. The smallest absolute Gasteiger partial charge is 0.303 e. The summed E-state index contributed by atoms with van der Waals surface area (Å²) in [5.41, 5.74) is 0.914. The van der Waals surface area contributed by atoms with Crippen LogP contribution in [0, 0.1) is 0 Å². The van der Waals surface area contributed by atoms with E-state index in [4.69, 9.17) is 9.84 Å². The molecule has 0 saturated carbocycles. The zero-order chi connectivity index (χ0) is 13.8. The molecule has 5 heteroatoms. The minimum absolute atomic E-state index is 0.0182. The van der Waals surface area contributed by atoms with Crippen LogP contribution in [0.25, 0.3) is 0 Å². The van der Waals surface area contributed by atoms with Gasteiger partial charge < -0.3 is 14.7 Å². The standard InChI is InChI=1S/C14H17NO4/c1-15(8-4-7-13(16)17)14(18)11-9-19-12-6-3-2-5-10(11)12/h2-3,5-6,11H,4,7-9H2,1H3,(H,16,17)/t11-/m0/s1. The van der Waals surface area contributed by atoms with E-state index in [0.717, 1.165) is 11.3 Å². The fraction of sp³-hybridized carbons (Fsp3) is 0.429. The number of fused-ring (bicyclic) bond motifs is 1. The van der Waals surface area contributed by atoms with E-state index in [1.54, 1.807) is 11.9 Å². The molecule has 1 heterocycles. The van der Waals surface area contributed by atoms with Crippen molar-refractivity contribution in [3.05, 3.63) is 29.8 Å². The summed E-state index contributed by atoms with van der Waals surface area (Å²) in [7, 11) is 1.70. The summed E-state index contributed by atoms with van der Waals surface area (Å²) < 4.78 is 5.48. The predicted octanol–water partition coefficient (Wildman–Crippen LogP) is 1.49. The zero-order valence-electron chi connectivity index (χ0n) is 10.8. The van der Waals surface area contributed by atoms with Crippen LogP contribution in [-0.2, 0) is 9.59 Å². The molecular formula is C14H17NO4. The molecule has 1 aromatic carbocycles. The Morgan fingerprint density at radius 3 is 2.89 bits per heavy atom. The van der Waals surface area contributed by atoms with Crippen LogP contribution >= 0.6 is 0 Å². The van der Waals surface area contributed by atoms with Crippen molar-refractivity contribution in [1.29, 1.82) is 0 Å². The van der Waals surface area contributed by atoms with Gasteiger partial charge in [-0.1, -0.05) is 18.2 Å². The molecule has 0 bridgehead atoms. The molecule has 0 unspecified atom stereocenters. The van der Waals surface area contributed by atoms with Crippen LogP contribution < -0.4 is 4.74 Å². The number of carboxylic acid groups (broad SMARTS) is 1. The molecular weight excluding hydrogens is 246 g/mol. The van der Waals surface area contributed by atoms with Gasteiger partial charge in [0, 0.05) is 25.6 Å². The molecule has 0 fully saturated rings. The highest BCUT2D eigenvalue weighted by molar-refractivity contribution is 5.85. The van der Waals surface area contributed by atoms with E-state index in [1.165, 1.54) is 0 Å². The first-order chi connectivity index (χ1) is 9.09. The van der Waals surface area contributed by atoms with Crippen LogP contribution in [0.4, 0.5) is 0 Å². The van der Waals surface area contributed by atoms with E-state index in [9.17, 15) is 9.59 Å². The minimum atomic E-state index is -0.838. The highest BCUT2D eigenvalue weighted by atomic mass is 16.5. The van der Waals surface area contributed by atoms with E-state index in [2.05, 4.69) is 0 Å². The Hall–Kier alpha value is -2.04. The van der Waals surface area contributed by atoms with Gasteiger partial charge in [0.2, 0.25) is 5.91 Å². The van der Waals surface area contributed by atoms with Crippen LogP contribution in [0.15, 0.2) is 24.3 Å². The number of aliphatic carboxylic acids is 1. The van der Waals surface area contributed by atoms with Crippen molar-refractivity contribution in [3.63, 3.8) is 0 Å². The van der Waals surface area contributed by atoms with Crippen molar-refractivity contribution in [2.45, 2.75) is 18.8 Å². The number of benzene rings is 1. The Morgan fingerprint density at radius 2 is 2.16 bits per heavy atom. The second kappa shape index (κ2) is 5.73. The highest BCUT2D eigenvalue weighted by Crippen LogP contribution is 2.34. The van der Waals surface area contributed by atoms with Crippen molar-refractivity contribution in [1.82, 2.24) is 4.90 Å². The monoisotopic (exact) mass is 263 g/mol. The van der Waals surface area contributed by atoms with Gasteiger partial charge in [-0.3, -0.25) is 9.59 Å². The highest BCUT2D eigenvalue weighted by Gasteiger charge is 2.31. The topological polar surface area (TPSA) is 66.8 Å². The molecule has 1 N–H and O–H groups in total. The third-order valence-corrected chi connectivity index (χ3v) is 3.26. The average Bonchev–Trinajstić information content (AvgIpc) is 2.81. The number of carboxylic acids is 1. The number of carbonyl (C=O) groups excluding carboxylic acids is 1. The number of hydrogen-bond acceptors (Lipinski definition) is 3. The van der Waals surface area contributed by atoms with Gasteiger partial charge in [-0.15, -0.1) is 0 Å².